The fourth-order valence-corrected chi connectivity index (χ4v) is 2.93. The van der Waals surface area contributed by atoms with Gasteiger partial charge < -0.3 is 14.4 Å². The summed E-state index contributed by atoms with van der Waals surface area (Å²) in [5.41, 5.74) is 1.88. The number of carbonyl (C=O) groups excluding carboxylic acids is 1. The number of hydrogen-bond donors (Lipinski definition) is 0. The molecule has 2 aromatic carbocycles. The molecule has 0 aromatic heterocycles. The summed E-state index contributed by atoms with van der Waals surface area (Å²) in [6, 6.07) is 14.0. The van der Waals surface area contributed by atoms with Crippen LogP contribution in [0.3, 0.4) is 0 Å². The molecule has 0 fully saturated rings. The van der Waals surface area contributed by atoms with Crippen molar-refractivity contribution in [2.75, 3.05) is 13.7 Å². The number of alkyl halides is 2. The second-order valence-electron chi connectivity index (χ2n) is 6.04. The smallest absolute Gasteiger partial charge is 0.387 e. The van der Waals surface area contributed by atoms with E-state index in [0.29, 0.717) is 19.6 Å². The highest BCUT2D eigenvalue weighted by Crippen LogP contribution is 2.28. The van der Waals surface area contributed by atoms with Crippen LogP contribution in [0.1, 0.15) is 11.1 Å². The second-order valence-corrected chi connectivity index (χ2v) is 6.04. The van der Waals surface area contributed by atoms with E-state index in [-0.39, 0.29) is 17.6 Å². The number of rotatable bonds is 5. The summed E-state index contributed by atoms with van der Waals surface area (Å²) >= 11 is 0. The van der Waals surface area contributed by atoms with Crippen molar-refractivity contribution in [3.8, 4) is 11.5 Å². The molecule has 25 heavy (non-hydrogen) atoms. The van der Waals surface area contributed by atoms with Gasteiger partial charge in [-0.1, -0.05) is 30.3 Å². The van der Waals surface area contributed by atoms with Gasteiger partial charge >= 0.3 is 6.61 Å². The molecule has 132 valence electrons. The number of para-hydroxylation sites is 1. The van der Waals surface area contributed by atoms with Gasteiger partial charge in [0, 0.05) is 13.6 Å². The highest BCUT2D eigenvalue weighted by Gasteiger charge is 2.28. The Kier molecular flexibility index (Phi) is 5.16. The van der Waals surface area contributed by atoms with E-state index in [0.717, 1.165) is 16.9 Å². The first-order valence-corrected chi connectivity index (χ1v) is 8.02. The normalized spacial score (nSPS) is 16.1. The fraction of sp³-hybridized carbons (Fsp3) is 0.316. The molecule has 6 heteroatoms. The Morgan fingerprint density at radius 1 is 1.24 bits per heavy atom. The molecule has 1 amide bonds. The minimum Gasteiger partial charge on any atom is -0.492 e. The van der Waals surface area contributed by atoms with Crippen LogP contribution in [0.5, 0.6) is 11.5 Å². The quantitative estimate of drug-likeness (QED) is 0.831. The molecule has 0 N–H and O–H groups in total. The van der Waals surface area contributed by atoms with Crippen LogP contribution in [0, 0.1) is 5.92 Å². The summed E-state index contributed by atoms with van der Waals surface area (Å²) < 4.78 is 34.3. The lowest BCUT2D eigenvalue weighted by Gasteiger charge is -2.28. The third-order valence-corrected chi connectivity index (χ3v) is 4.17. The van der Waals surface area contributed by atoms with Crippen molar-refractivity contribution in [3.05, 3.63) is 59.7 Å². The topological polar surface area (TPSA) is 38.8 Å². The number of nitrogens with zero attached hydrogens (tertiary/aromatic N) is 1. The number of hydrogen-bond acceptors (Lipinski definition) is 3. The van der Waals surface area contributed by atoms with Gasteiger partial charge in [0.05, 0.1) is 5.92 Å². The third kappa shape index (κ3) is 4.26. The Balaban J connectivity index is 1.59. The maximum atomic E-state index is 12.6. The standard InChI is InChI=1S/C19H19F2NO3/c1-22(11-13-6-8-16(9-7-13)25-19(20)21)18(23)15-10-14-4-2-3-5-17(14)24-12-15/h2-9,15,19H,10-12H2,1H3. The molecule has 2 aromatic rings. The van der Waals surface area contributed by atoms with Crippen molar-refractivity contribution in [2.24, 2.45) is 5.92 Å². The maximum absolute atomic E-state index is 12.6. The summed E-state index contributed by atoms with van der Waals surface area (Å²) in [4.78, 5) is 14.3. The number of benzene rings is 2. The SMILES string of the molecule is CN(Cc1ccc(OC(F)F)cc1)C(=O)C1COc2ccccc2C1. The van der Waals surface area contributed by atoms with Crippen LogP contribution in [-0.2, 0) is 17.8 Å². The summed E-state index contributed by atoms with van der Waals surface area (Å²) in [6.07, 6.45) is 0.653. The van der Waals surface area contributed by atoms with Crippen LogP contribution in [0.2, 0.25) is 0 Å². The monoisotopic (exact) mass is 347 g/mol. The van der Waals surface area contributed by atoms with Crippen molar-refractivity contribution in [2.45, 2.75) is 19.6 Å². The van der Waals surface area contributed by atoms with E-state index in [2.05, 4.69) is 4.74 Å². The molecule has 3 rings (SSSR count). The lowest BCUT2D eigenvalue weighted by molar-refractivity contribution is -0.136. The average Bonchev–Trinajstić information content (AvgIpc) is 2.62. The number of ether oxygens (including phenoxy) is 2. The molecule has 0 saturated heterocycles. The van der Waals surface area contributed by atoms with Gasteiger partial charge in [0.2, 0.25) is 5.91 Å². The van der Waals surface area contributed by atoms with Crippen LogP contribution < -0.4 is 9.47 Å². The molecular weight excluding hydrogens is 328 g/mol. The Bertz CT molecular complexity index is 734. The minimum absolute atomic E-state index is 0.00223. The number of amides is 1. The van der Waals surface area contributed by atoms with Gasteiger partial charge in [-0.2, -0.15) is 8.78 Å². The van der Waals surface area contributed by atoms with E-state index in [4.69, 9.17) is 4.74 Å². The van der Waals surface area contributed by atoms with E-state index in [1.54, 1.807) is 24.1 Å². The molecule has 1 aliphatic rings. The molecular formula is C19H19F2NO3. The molecule has 0 spiro atoms. The van der Waals surface area contributed by atoms with Gasteiger partial charge in [-0.3, -0.25) is 4.79 Å². The molecule has 4 nitrogen and oxygen atoms in total. The molecule has 0 saturated carbocycles. The zero-order valence-corrected chi connectivity index (χ0v) is 13.8. The van der Waals surface area contributed by atoms with Gasteiger partial charge in [-0.25, -0.2) is 0 Å². The Hall–Kier alpha value is -2.63. The minimum atomic E-state index is -2.84. The van der Waals surface area contributed by atoms with Gasteiger partial charge in [-0.05, 0) is 35.7 Å². The van der Waals surface area contributed by atoms with E-state index >= 15 is 0 Å². The lowest BCUT2D eigenvalue weighted by atomic mass is 9.95. The molecule has 0 radical (unpaired) electrons. The van der Waals surface area contributed by atoms with Crippen LogP contribution in [0.4, 0.5) is 8.78 Å². The summed E-state index contributed by atoms with van der Waals surface area (Å²) in [5.74, 6) is 0.720. The molecule has 1 aliphatic heterocycles. The van der Waals surface area contributed by atoms with Crippen LogP contribution in [0.25, 0.3) is 0 Å². The first kappa shape index (κ1) is 17.2. The van der Waals surface area contributed by atoms with Crippen molar-refractivity contribution >= 4 is 5.91 Å². The predicted octanol–water partition coefficient (Wildman–Crippen LogP) is 3.50. The third-order valence-electron chi connectivity index (χ3n) is 4.17. The molecule has 1 heterocycles. The summed E-state index contributed by atoms with van der Waals surface area (Å²) in [5, 5.41) is 0. The van der Waals surface area contributed by atoms with Crippen LogP contribution in [-0.4, -0.2) is 31.1 Å². The van der Waals surface area contributed by atoms with Crippen molar-refractivity contribution < 1.29 is 23.0 Å². The summed E-state index contributed by atoms with van der Waals surface area (Å²) in [7, 11) is 1.73. The van der Waals surface area contributed by atoms with E-state index < -0.39 is 6.61 Å². The largest absolute Gasteiger partial charge is 0.492 e. The van der Waals surface area contributed by atoms with Crippen LogP contribution >= 0.6 is 0 Å². The van der Waals surface area contributed by atoms with Gasteiger partial charge in [0.1, 0.15) is 18.1 Å². The average molecular weight is 347 g/mol. The predicted molar refractivity (Wildman–Crippen MR) is 88.7 cm³/mol. The first-order chi connectivity index (χ1) is 12.0. The first-order valence-electron chi connectivity index (χ1n) is 8.02. The Labute approximate surface area is 145 Å². The van der Waals surface area contributed by atoms with Crippen LogP contribution in [0.15, 0.2) is 48.5 Å². The number of carbonyl (C=O) groups is 1. The zero-order valence-electron chi connectivity index (χ0n) is 13.8. The maximum Gasteiger partial charge on any atom is 0.387 e. The number of halogens is 2. The zero-order chi connectivity index (χ0) is 17.8. The van der Waals surface area contributed by atoms with Gasteiger partial charge in [-0.15, -0.1) is 0 Å². The van der Waals surface area contributed by atoms with E-state index in [1.807, 2.05) is 24.3 Å². The molecule has 1 atom stereocenters. The van der Waals surface area contributed by atoms with Crippen molar-refractivity contribution in [3.63, 3.8) is 0 Å². The van der Waals surface area contributed by atoms with E-state index in [1.165, 1.54) is 12.1 Å². The van der Waals surface area contributed by atoms with Crippen molar-refractivity contribution in [1.82, 2.24) is 4.90 Å². The summed E-state index contributed by atoms with van der Waals surface area (Å²) in [6.45, 7) is -2.09. The lowest BCUT2D eigenvalue weighted by Crippen LogP contribution is -2.38. The highest BCUT2D eigenvalue weighted by molar-refractivity contribution is 5.79. The van der Waals surface area contributed by atoms with Gasteiger partial charge in [0.15, 0.2) is 0 Å². The Morgan fingerprint density at radius 2 is 1.96 bits per heavy atom. The second kappa shape index (κ2) is 7.51. The van der Waals surface area contributed by atoms with Crippen molar-refractivity contribution in [1.29, 1.82) is 0 Å². The molecule has 0 aliphatic carbocycles. The number of fused-ring (bicyclic) bond motifs is 1. The molecule has 1 unspecified atom stereocenters. The molecule has 0 bridgehead atoms. The highest BCUT2D eigenvalue weighted by atomic mass is 19.3. The van der Waals surface area contributed by atoms with E-state index in [9.17, 15) is 13.6 Å². The van der Waals surface area contributed by atoms with Gasteiger partial charge in [0.25, 0.3) is 0 Å². The fourth-order valence-electron chi connectivity index (χ4n) is 2.93. The Morgan fingerprint density at radius 3 is 2.68 bits per heavy atom.